The predicted molar refractivity (Wildman–Crippen MR) is 72.9 cm³/mol. The summed E-state index contributed by atoms with van der Waals surface area (Å²) in [6.07, 6.45) is -0.504. The summed E-state index contributed by atoms with van der Waals surface area (Å²) in [5.41, 5.74) is 0. The van der Waals surface area contributed by atoms with Crippen LogP contribution in [0.4, 0.5) is 0 Å². The predicted octanol–water partition coefficient (Wildman–Crippen LogP) is 3.02. The smallest absolute Gasteiger partial charge is 0.261 e. The average Bonchev–Trinajstić information content (AvgIpc) is 2.55. The van der Waals surface area contributed by atoms with Crippen LogP contribution in [0, 0.1) is 5.92 Å². The minimum atomic E-state index is -0.504. The largest absolute Gasteiger partial charge is 0.391 e. The van der Waals surface area contributed by atoms with Crippen molar-refractivity contribution >= 4 is 49.1 Å². The van der Waals surface area contributed by atoms with E-state index in [4.69, 9.17) is 0 Å². The summed E-state index contributed by atoms with van der Waals surface area (Å²) in [5.74, 6) is -0.0155. The minimum Gasteiger partial charge on any atom is -0.391 e. The summed E-state index contributed by atoms with van der Waals surface area (Å²) >= 11 is 8.01. The summed E-state index contributed by atoms with van der Waals surface area (Å²) < 4.78 is 1.76. The molecule has 0 aliphatic carbocycles. The fourth-order valence-corrected chi connectivity index (χ4v) is 2.93. The number of hydrogen-bond donors (Lipinski definition) is 2. The quantitative estimate of drug-likeness (QED) is 0.855. The Balaban J connectivity index is 2.53. The van der Waals surface area contributed by atoms with Gasteiger partial charge in [0.15, 0.2) is 0 Å². The molecule has 1 unspecified atom stereocenters. The molecule has 0 bridgehead atoms. The number of carbonyl (C=O) groups is 1. The molecule has 1 heterocycles. The van der Waals surface area contributed by atoms with Gasteiger partial charge < -0.3 is 10.4 Å². The van der Waals surface area contributed by atoms with Crippen molar-refractivity contribution in [2.45, 2.75) is 20.0 Å². The first-order valence-electron chi connectivity index (χ1n) is 4.83. The molecule has 0 radical (unpaired) electrons. The van der Waals surface area contributed by atoms with Gasteiger partial charge in [-0.25, -0.2) is 0 Å². The number of aliphatic hydroxyl groups is 1. The number of nitrogens with one attached hydrogen (secondary N) is 1. The van der Waals surface area contributed by atoms with Crippen molar-refractivity contribution in [2.75, 3.05) is 6.54 Å². The number of carbonyl (C=O) groups excluding carboxylic acids is 1. The van der Waals surface area contributed by atoms with Gasteiger partial charge in [0.05, 0.1) is 14.8 Å². The van der Waals surface area contributed by atoms with Gasteiger partial charge in [-0.3, -0.25) is 4.79 Å². The monoisotopic (exact) mass is 369 g/mol. The Morgan fingerprint density at radius 1 is 1.56 bits per heavy atom. The number of halogens is 2. The van der Waals surface area contributed by atoms with Gasteiger partial charge in [0.25, 0.3) is 5.91 Å². The van der Waals surface area contributed by atoms with Crippen molar-refractivity contribution in [3.8, 4) is 0 Å². The molecule has 0 spiro atoms. The highest BCUT2D eigenvalue weighted by Crippen LogP contribution is 2.32. The molecule has 6 heteroatoms. The summed E-state index contributed by atoms with van der Waals surface area (Å²) in [6.45, 7) is 4.11. The third kappa shape index (κ3) is 3.84. The van der Waals surface area contributed by atoms with Crippen LogP contribution in [0.2, 0.25) is 0 Å². The van der Waals surface area contributed by atoms with Crippen molar-refractivity contribution in [3.63, 3.8) is 0 Å². The third-order valence-electron chi connectivity index (χ3n) is 2.11. The normalized spacial score (nSPS) is 12.9. The van der Waals surface area contributed by atoms with Crippen LogP contribution in [0.25, 0.3) is 0 Å². The lowest BCUT2D eigenvalue weighted by Crippen LogP contribution is -2.34. The van der Waals surface area contributed by atoms with E-state index >= 15 is 0 Å². The molecule has 0 aliphatic rings. The average molecular weight is 371 g/mol. The highest BCUT2D eigenvalue weighted by molar-refractivity contribution is 9.13. The molecule has 0 aromatic carbocycles. The van der Waals surface area contributed by atoms with Crippen LogP contribution >= 0.6 is 43.2 Å². The molecule has 2 N–H and O–H groups in total. The van der Waals surface area contributed by atoms with Crippen LogP contribution in [-0.4, -0.2) is 23.7 Å². The van der Waals surface area contributed by atoms with Gasteiger partial charge in [-0.2, -0.15) is 0 Å². The van der Waals surface area contributed by atoms with E-state index in [0.717, 1.165) is 8.26 Å². The number of hydrogen-bond acceptors (Lipinski definition) is 3. The van der Waals surface area contributed by atoms with Crippen LogP contribution in [0.3, 0.4) is 0 Å². The summed E-state index contributed by atoms with van der Waals surface area (Å²) in [5, 5.41) is 12.3. The van der Waals surface area contributed by atoms with Crippen LogP contribution in [0.1, 0.15) is 23.5 Å². The van der Waals surface area contributed by atoms with E-state index in [9.17, 15) is 9.90 Å². The Morgan fingerprint density at radius 3 is 2.62 bits per heavy atom. The Bertz CT molecular complexity index is 359. The molecule has 1 amide bonds. The second-order valence-corrected chi connectivity index (χ2v) is 6.98. The zero-order valence-corrected chi connectivity index (χ0v) is 12.9. The number of thiophene rings is 1. The van der Waals surface area contributed by atoms with Crippen LogP contribution in [0.15, 0.2) is 14.3 Å². The highest BCUT2D eigenvalue weighted by atomic mass is 79.9. The first kappa shape index (κ1) is 14.2. The summed E-state index contributed by atoms with van der Waals surface area (Å²) in [6, 6.07) is 1.76. The third-order valence-corrected chi connectivity index (χ3v) is 5.37. The molecule has 1 rings (SSSR count). The molecule has 16 heavy (non-hydrogen) atoms. The number of amides is 1. The Morgan fingerprint density at radius 2 is 2.19 bits per heavy atom. The van der Waals surface area contributed by atoms with Crippen molar-refractivity contribution in [3.05, 3.63) is 19.2 Å². The van der Waals surface area contributed by atoms with Gasteiger partial charge in [0, 0.05) is 11.0 Å². The van der Waals surface area contributed by atoms with E-state index < -0.39 is 6.10 Å². The summed E-state index contributed by atoms with van der Waals surface area (Å²) in [7, 11) is 0. The zero-order chi connectivity index (χ0) is 12.3. The summed E-state index contributed by atoms with van der Waals surface area (Å²) in [4.78, 5) is 12.3. The van der Waals surface area contributed by atoms with Crippen molar-refractivity contribution in [2.24, 2.45) is 5.92 Å². The van der Waals surface area contributed by atoms with E-state index in [1.54, 1.807) is 6.07 Å². The second-order valence-electron chi connectivity index (χ2n) is 3.75. The molecule has 0 aliphatic heterocycles. The van der Waals surface area contributed by atoms with Gasteiger partial charge >= 0.3 is 0 Å². The fourth-order valence-electron chi connectivity index (χ4n) is 0.979. The first-order valence-corrected chi connectivity index (χ1v) is 7.23. The zero-order valence-electron chi connectivity index (χ0n) is 8.96. The van der Waals surface area contributed by atoms with E-state index in [-0.39, 0.29) is 18.4 Å². The Hall–Kier alpha value is 0.0900. The van der Waals surface area contributed by atoms with Crippen molar-refractivity contribution in [1.82, 2.24) is 5.32 Å². The van der Waals surface area contributed by atoms with Crippen molar-refractivity contribution < 1.29 is 9.90 Å². The highest BCUT2D eigenvalue weighted by Gasteiger charge is 2.14. The molecule has 1 aromatic rings. The molecular formula is C10H13Br2NO2S. The van der Waals surface area contributed by atoms with Crippen LogP contribution in [0.5, 0.6) is 0 Å². The van der Waals surface area contributed by atoms with Gasteiger partial charge in [-0.05, 0) is 43.8 Å². The standard InChI is InChI=1S/C10H13Br2NO2S/c1-5(2)7(14)4-13-10(15)8-3-6(11)9(12)16-8/h3,5,7,14H,4H2,1-2H3,(H,13,15). The van der Waals surface area contributed by atoms with Crippen molar-refractivity contribution in [1.29, 1.82) is 0 Å². The SMILES string of the molecule is CC(C)C(O)CNC(=O)c1cc(Br)c(Br)s1. The van der Waals surface area contributed by atoms with Crippen LogP contribution < -0.4 is 5.32 Å². The molecule has 90 valence electrons. The van der Waals surface area contributed by atoms with Gasteiger partial charge in [0.1, 0.15) is 0 Å². The van der Waals surface area contributed by atoms with Gasteiger partial charge in [0.2, 0.25) is 0 Å². The maximum atomic E-state index is 11.7. The van der Waals surface area contributed by atoms with E-state index in [2.05, 4.69) is 37.2 Å². The molecular weight excluding hydrogens is 358 g/mol. The second kappa shape index (κ2) is 6.14. The molecule has 1 atom stereocenters. The Labute approximate surface area is 116 Å². The van der Waals surface area contributed by atoms with Gasteiger partial charge in [-0.1, -0.05) is 13.8 Å². The maximum Gasteiger partial charge on any atom is 0.261 e. The molecule has 3 nitrogen and oxygen atoms in total. The molecule has 0 saturated heterocycles. The minimum absolute atomic E-state index is 0.141. The lowest BCUT2D eigenvalue weighted by molar-refractivity contribution is 0.0875. The number of rotatable bonds is 4. The van der Waals surface area contributed by atoms with E-state index in [1.165, 1.54) is 11.3 Å². The van der Waals surface area contributed by atoms with E-state index in [0.29, 0.717) is 4.88 Å². The molecule has 0 fully saturated rings. The maximum absolute atomic E-state index is 11.7. The molecule has 0 saturated carbocycles. The van der Waals surface area contributed by atoms with Gasteiger partial charge in [-0.15, -0.1) is 11.3 Å². The lowest BCUT2D eigenvalue weighted by atomic mass is 10.1. The van der Waals surface area contributed by atoms with E-state index in [1.807, 2.05) is 13.8 Å². The fraction of sp³-hybridized carbons (Fsp3) is 0.500. The molecule has 1 aromatic heterocycles. The topological polar surface area (TPSA) is 49.3 Å². The van der Waals surface area contributed by atoms with Crippen LogP contribution in [-0.2, 0) is 0 Å². The first-order chi connectivity index (χ1) is 7.41. The Kier molecular flexibility index (Phi) is 5.43. The number of aliphatic hydroxyl groups excluding tert-OH is 1. The lowest BCUT2D eigenvalue weighted by Gasteiger charge is -2.14.